The van der Waals surface area contributed by atoms with Crippen molar-refractivity contribution in [3.8, 4) is 0 Å². The molecule has 0 radical (unpaired) electrons. The van der Waals surface area contributed by atoms with Gasteiger partial charge >= 0.3 is 0 Å². The Labute approximate surface area is 125 Å². The number of nitrogens with zero attached hydrogens (tertiary/aromatic N) is 1. The van der Waals surface area contributed by atoms with Crippen LogP contribution in [0.2, 0.25) is 0 Å². The molecule has 1 N–H and O–H groups in total. The van der Waals surface area contributed by atoms with Gasteiger partial charge in [-0.3, -0.25) is 10.1 Å². The number of hydrogen-bond acceptors (Lipinski definition) is 2. The van der Waals surface area contributed by atoms with E-state index in [4.69, 9.17) is 0 Å². The van der Waals surface area contributed by atoms with Crippen LogP contribution in [0.3, 0.4) is 0 Å². The summed E-state index contributed by atoms with van der Waals surface area (Å²) >= 11 is 0. The van der Waals surface area contributed by atoms with Crippen LogP contribution in [0.15, 0.2) is 24.3 Å². The summed E-state index contributed by atoms with van der Waals surface area (Å²) in [5, 5.41) is 3.23. The normalized spacial score (nSPS) is 28.9. The highest BCUT2D eigenvalue weighted by atomic mass is 19.1. The summed E-state index contributed by atoms with van der Waals surface area (Å²) in [7, 11) is 0. The fourth-order valence-electron chi connectivity index (χ4n) is 3.78. The zero-order valence-electron chi connectivity index (χ0n) is 12.7. The maximum atomic E-state index is 13.5. The number of carbonyl (C=O) groups excluding carboxylic acids is 1. The summed E-state index contributed by atoms with van der Waals surface area (Å²) in [6, 6.07) is 6.81. The number of carbonyl (C=O) groups is 1. The quantitative estimate of drug-likeness (QED) is 0.907. The summed E-state index contributed by atoms with van der Waals surface area (Å²) in [6.07, 6.45) is 4.24. The third kappa shape index (κ3) is 2.95. The number of hydrogen-bond donors (Lipinski definition) is 1. The summed E-state index contributed by atoms with van der Waals surface area (Å²) in [6.45, 7) is 4.88. The van der Waals surface area contributed by atoms with Gasteiger partial charge in [0.2, 0.25) is 5.91 Å². The molecule has 2 fully saturated rings. The van der Waals surface area contributed by atoms with Crippen molar-refractivity contribution in [2.75, 3.05) is 6.54 Å². The van der Waals surface area contributed by atoms with Crippen molar-refractivity contribution in [3.05, 3.63) is 35.6 Å². The van der Waals surface area contributed by atoms with E-state index in [1.807, 2.05) is 11.0 Å². The molecule has 2 aliphatic rings. The zero-order valence-corrected chi connectivity index (χ0v) is 12.7. The molecule has 114 valence electrons. The molecule has 3 nitrogen and oxygen atoms in total. The van der Waals surface area contributed by atoms with E-state index in [-0.39, 0.29) is 29.3 Å². The maximum absolute atomic E-state index is 13.5. The SMILES string of the molecule is CC1(C)CCCC(N2C(=O)CNC2c2cccc(F)c2)C1. The topological polar surface area (TPSA) is 32.3 Å². The molecule has 1 aromatic rings. The second kappa shape index (κ2) is 5.41. The molecule has 4 heteroatoms. The van der Waals surface area contributed by atoms with Gasteiger partial charge < -0.3 is 4.90 Å². The van der Waals surface area contributed by atoms with E-state index in [0.29, 0.717) is 6.54 Å². The van der Waals surface area contributed by atoms with Gasteiger partial charge in [-0.15, -0.1) is 0 Å². The van der Waals surface area contributed by atoms with Crippen molar-refractivity contribution in [1.29, 1.82) is 0 Å². The molecule has 21 heavy (non-hydrogen) atoms. The Morgan fingerprint density at radius 3 is 2.90 bits per heavy atom. The molecule has 1 aliphatic carbocycles. The van der Waals surface area contributed by atoms with Gasteiger partial charge in [0.15, 0.2) is 0 Å². The van der Waals surface area contributed by atoms with E-state index in [1.165, 1.54) is 18.6 Å². The molecule has 2 atom stereocenters. The van der Waals surface area contributed by atoms with E-state index in [1.54, 1.807) is 6.07 Å². The van der Waals surface area contributed by atoms with Gasteiger partial charge in [0, 0.05) is 6.04 Å². The van der Waals surface area contributed by atoms with Crippen LogP contribution in [0.25, 0.3) is 0 Å². The third-order valence-corrected chi connectivity index (χ3v) is 4.75. The number of benzene rings is 1. The third-order valence-electron chi connectivity index (χ3n) is 4.75. The Balaban J connectivity index is 1.86. The Kier molecular flexibility index (Phi) is 3.74. The first-order valence-corrected chi connectivity index (χ1v) is 7.76. The molecule has 1 saturated carbocycles. The molecule has 0 bridgehead atoms. The molecule has 1 aromatic carbocycles. The standard InChI is InChI=1S/C17H23FN2O/c1-17(2)8-4-7-14(10-17)20-15(21)11-19-16(20)12-5-3-6-13(18)9-12/h3,5-6,9,14,16,19H,4,7-8,10-11H2,1-2H3. The highest BCUT2D eigenvalue weighted by Crippen LogP contribution is 2.40. The molecular weight excluding hydrogens is 267 g/mol. The second-order valence-corrected chi connectivity index (χ2v) is 7.05. The van der Waals surface area contributed by atoms with Crippen LogP contribution < -0.4 is 5.32 Å². The van der Waals surface area contributed by atoms with Crippen molar-refractivity contribution >= 4 is 5.91 Å². The summed E-state index contributed by atoms with van der Waals surface area (Å²) in [5.41, 5.74) is 1.11. The average Bonchev–Trinajstić information content (AvgIpc) is 2.79. The minimum Gasteiger partial charge on any atom is -0.319 e. The van der Waals surface area contributed by atoms with Crippen LogP contribution in [0.1, 0.15) is 51.3 Å². The molecule has 0 aromatic heterocycles. The van der Waals surface area contributed by atoms with Gasteiger partial charge in [0.1, 0.15) is 12.0 Å². The number of amides is 1. The fraction of sp³-hybridized carbons (Fsp3) is 0.588. The van der Waals surface area contributed by atoms with Crippen molar-refractivity contribution in [2.24, 2.45) is 5.41 Å². The highest BCUT2D eigenvalue weighted by molar-refractivity contribution is 5.81. The lowest BCUT2D eigenvalue weighted by atomic mass is 9.74. The van der Waals surface area contributed by atoms with E-state index >= 15 is 0 Å². The summed E-state index contributed by atoms with van der Waals surface area (Å²) in [4.78, 5) is 14.3. The largest absolute Gasteiger partial charge is 0.319 e. The monoisotopic (exact) mass is 290 g/mol. The van der Waals surface area contributed by atoms with Crippen molar-refractivity contribution in [2.45, 2.75) is 51.7 Å². The Morgan fingerprint density at radius 1 is 1.38 bits per heavy atom. The second-order valence-electron chi connectivity index (χ2n) is 7.05. The first kappa shape index (κ1) is 14.5. The predicted molar refractivity (Wildman–Crippen MR) is 80.0 cm³/mol. The molecule has 1 saturated heterocycles. The maximum Gasteiger partial charge on any atom is 0.238 e. The minimum atomic E-state index is -0.252. The molecular formula is C17H23FN2O. The van der Waals surface area contributed by atoms with Crippen LogP contribution in [0, 0.1) is 11.2 Å². The van der Waals surface area contributed by atoms with Crippen LogP contribution in [0.5, 0.6) is 0 Å². The van der Waals surface area contributed by atoms with Crippen molar-refractivity contribution in [1.82, 2.24) is 10.2 Å². The van der Waals surface area contributed by atoms with Crippen LogP contribution >= 0.6 is 0 Å². The number of rotatable bonds is 2. The van der Waals surface area contributed by atoms with Gasteiger partial charge in [-0.2, -0.15) is 0 Å². The van der Waals surface area contributed by atoms with Gasteiger partial charge in [-0.05, 0) is 42.4 Å². The van der Waals surface area contributed by atoms with E-state index in [0.717, 1.165) is 24.8 Å². The van der Waals surface area contributed by atoms with Crippen LogP contribution in [0.4, 0.5) is 4.39 Å². The van der Waals surface area contributed by atoms with Crippen LogP contribution in [-0.4, -0.2) is 23.4 Å². The average molecular weight is 290 g/mol. The number of halogens is 1. The Hall–Kier alpha value is -1.42. The molecule has 1 aliphatic heterocycles. The van der Waals surface area contributed by atoms with E-state index < -0.39 is 0 Å². The molecule has 1 heterocycles. The molecule has 3 rings (SSSR count). The first-order chi connectivity index (χ1) is 9.96. The highest BCUT2D eigenvalue weighted by Gasteiger charge is 2.40. The predicted octanol–water partition coefficient (Wildman–Crippen LogP) is 3.22. The fourth-order valence-corrected chi connectivity index (χ4v) is 3.78. The summed E-state index contributed by atoms with van der Waals surface area (Å²) < 4.78 is 13.5. The smallest absolute Gasteiger partial charge is 0.238 e. The number of nitrogens with one attached hydrogen (secondary N) is 1. The molecule has 1 amide bonds. The Morgan fingerprint density at radius 2 is 2.19 bits per heavy atom. The van der Waals surface area contributed by atoms with E-state index in [2.05, 4.69) is 19.2 Å². The lowest BCUT2D eigenvalue weighted by Crippen LogP contribution is -2.44. The molecule has 2 unspecified atom stereocenters. The summed E-state index contributed by atoms with van der Waals surface area (Å²) in [5.74, 6) is -0.121. The van der Waals surface area contributed by atoms with Gasteiger partial charge in [-0.1, -0.05) is 32.4 Å². The van der Waals surface area contributed by atoms with E-state index in [9.17, 15) is 9.18 Å². The van der Waals surface area contributed by atoms with Crippen molar-refractivity contribution < 1.29 is 9.18 Å². The van der Waals surface area contributed by atoms with Crippen LogP contribution in [-0.2, 0) is 4.79 Å². The lowest BCUT2D eigenvalue weighted by molar-refractivity contribution is -0.131. The minimum absolute atomic E-state index is 0.131. The van der Waals surface area contributed by atoms with Gasteiger partial charge in [-0.25, -0.2) is 4.39 Å². The van der Waals surface area contributed by atoms with Gasteiger partial charge in [0.25, 0.3) is 0 Å². The first-order valence-electron chi connectivity index (χ1n) is 7.76. The Bertz CT molecular complexity index is 543. The molecule has 0 spiro atoms. The zero-order chi connectivity index (χ0) is 15.0. The lowest BCUT2D eigenvalue weighted by Gasteiger charge is -2.41. The van der Waals surface area contributed by atoms with Crippen molar-refractivity contribution in [3.63, 3.8) is 0 Å². The van der Waals surface area contributed by atoms with Gasteiger partial charge in [0.05, 0.1) is 6.54 Å².